The summed E-state index contributed by atoms with van der Waals surface area (Å²) in [4.78, 5) is 26.0. The third-order valence-corrected chi connectivity index (χ3v) is 8.19. The Labute approximate surface area is 239 Å². The summed E-state index contributed by atoms with van der Waals surface area (Å²) in [6.07, 6.45) is 10.9. The molecule has 1 aliphatic heterocycles. The van der Waals surface area contributed by atoms with Crippen molar-refractivity contribution < 1.29 is 9.18 Å². The SMILES string of the molecule is CCCC(CC)(CC)CCC.Cc1ccnc(/C(=C\N)C(=O)Nc2cc(C3=NCC(C4CC4F)=N3)ccc2C)c1. The largest absolute Gasteiger partial charge is 0.404 e. The minimum atomic E-state index is -0.784. The maximum Gasteiger partial charge on any atom is 0.259 e. The zero-order valence-electron chi connectivity index (χ0n) is 25.1. The summed E-state index contributed by atoms with van der Waals surface area (Å²) in [6.45, 7) is 13.6. The monoisotopic (exact) mass is 547 g/mol. The number of hydrogen-bond donors (Lipinski definition) is 2. The standard InChI is InChI=1S/C22H22FN5O.C11H24/c1-12-5-6-25-19(7-12)16(10-24)22(29)28-18-8-14(4-3-13(18)2)21-26-11-20(27-21)15-9-17(15)23;1-5-9-11(7-3,8-4)10-6-2/h3-8,10,15,17H,9,11,24H2,1-2H3,(H,28,29);5-10H2,1-4H3/b16-10+;. The summed E-state index contributed by atoms with van der Waals surface area (Å²) < 4.78 is 13.3. The average molecular weight is 548 g/mol. The highest BCUT2D eigenvalue weighted by atomic mass is 19.1. The molecule has 1 saturated carbocycles. The molecule has 1 aromatic heterocycles. The van der Waals surface area contributed by atoms with Gasteiger partial charge in [-0.05, 0) is 67.9 Å². The normalized spacial score (nSPS) is 18.4. The molecular formula is C33H46FN5O. The van der Waals surface area contributed by atoms with E-state index in [9.17, 15) is 9.18 Å². The van der Waals surface area contributed by atoms with Crippen molar-refractivity contribution >= 4 is 28.7 Å². The van der Waals surface area contributed by atoms with Gasteiger partial charge in [0.2, 0.25) is 0 Å². The van der Waals surface area contributed by atoms with Crippen LogP contribution in [-0.2, 0) is 4.79 Å². The van der Waals surface area contributed by atoms with Gasteiger partial charge in [0.25, 0.3) is 5.91 Å². The van der Waals surface area contributed by atoms with Crippen LogP contribution in [0.2, 0.25) is 0 Å². The third-order valence-electron chi connectivity index (χ3n) is 8.19. The molecule has 2 unspecified atom stereocenters. The Balaban J connectivity index is 0.000000342. The number of benzene rings is 1. The minimum Gasteiger partial charge on any atom is -0.404 e. The number of carbonyl (C=O) groups excluding carboxylic acids is 1. The van der Waals surface area contributed by atoms with Gasteiger partial charge < -0.3 is 11.1 Å². The van der Waals surface area contributed by atoms with Crippen LogP contribution in [0.3, 0.4) is 0 Å². The van der Waals surface area contributed by atoms with Crippen LogP contribution >= 0.6 is 0 Å². The van der Waals surface area contributed by atoms with Crippen molar-refractivity contribution in [2.24, 2.45) is 27.1 Å². The molecule has 3 N–H and O–H groups in total. The smallest absolute Gasteiger partial charge is 0.259 e. The number of aromatic nitrogens is 1. The molecule has 7 heteroatoms. The lowest BCUT2D eigenvalue weighted by molar-refractivity contribution is -0.111. The highest BCUT2D eigenvalue weighted by Crippen LogP contribution is 2.37. The van der Waals surface area contributed by atoms with E-state index in [1.807, 2.05) is 38.1 Å². The van der Waals surface area contributed by atoms with Crippen molar-refractivity contribution in [3.63, 3.8) is 0 Å². The Kier molecular flexibility index (Phi) is 11.2. The van der Waals surface area contributed by atoms with E-state index in [0.717, 1.165) is 22.4 Å². The van der Waals surface area contributed by atoms with E-state index in [1.54, 1.807) is 12.3 Å². The van der Waals surface area contributed by atoms with Crippen LogP contribution in [-0.4, -0.2) is 35.2 Å². The molecule has 0 spiro atoms. The van der Waals surface area contributed by atoms with Crippen LogP contribution in [0.4, 0.5) is 10.1 Å². The van der Waals surface area contributed by atoms with Crippen LogP contribution < -0.4 is 11.1 Å². The van der Waals surface area contributed by atoms with Gasteiger partial charge in [0.05, 0.1) is 17.8 Å². The number of aryl methyl sites for hydroxylation is 2. The van der Waals surface area contributed by atoms with Crippen molar-refractivity contribution in [3.8, 4) is 0 Å². The van der Waals surface area contributed by atoms with Crippen molar-refractivity contribution in [1.29, 1.82) is 0 Å². The summed E-state index contributed by atoms with van der Waals surface area (Å²) in [5.74, 6) is 0.145. The van der Waals surface area contributed by atoms with Gasteiger partial charge in [-0.1, -0.05) is 65.5 Å². The summed E-state index contributed by atoms with van der Waals surface area (Å²) >= 11 is 0. The molecule has 4 rings (SSSR count). The van der Waals surface area contributed by atoms with E-state index in [-0.39, 0.29) is 11.8 Å². The molecule has 1 fully saturated rings. The molecule has 0 bridgehead atoms. The number of amidine groups is 1. The number of aliphatic imine (C=N–C) groups is 2. The molecule has 216 valence electrons. The van der Waals surface area contributed by atoms with Crippen molar-refractivity contribution in [1.82, 2.24) is 4.98 Å². The molecule has 1 aliphatic carbocycles. The first-order valence-corrected chi connectivity index (χ1v) is 14.7. The van der Waals surface area contributed by atoms with Gasteiger partial charge in [0.15, 0.2) is 5.84 Å². The molecule has 2 atom stereocenters. The number of hydrogen-bond acceptors (Lipinski definition) is 5. The lowest BCUT2D eigenvalue weighted by Gasteiger charge is -2.31. The van der Waals surface area contributed by atoms with E-state index < -0.39 is 6.17 Å². The van der Waals surface area contributed by atoms with Crippen molar-refractivity contribution in [3.05, 3.63) is 65.1 Å². The Morgan fingerprint density at radius 2 is 1.77 bits per heavy atom. The number of halogens is 1. The van der Waals surface area contributed by atoms with Gasteiger partial charge in [-0.3, -0.25) is 14.8 Å². The molecule has 2 heterocycles. The molecule has 1 aromatic carbocycles. The quantitative estimate of drug-likeness (QED) is 0.284. The van der Waals surface area contributed by atoms with Crippen LogP contribution in [0.5, 0.6) is 0 Å². The van der Waals surface area contributed by atoms with Crippen molar-refractivity contribution in [2.75, 3.05) is 11.9 Å². The number of rotatable bonds is 11. The summed E-state index contributed by atoms with van der Waals surface area (Å²) in [6, 6.07) is 9.29. The number of nitrogens with two attached hydrogens (primary N) is 1. The molecule has 6 nitrogen and oxygen atoms in total. The molecule has 2 aromatic rings. The fraction of sp³-hybridized carbons (Fsp3) is 0.515. The van der Waals surface area contributed by atoms with Gasteiger partial charge in [0, 0.05) is 35.3 Å². The van der Waals surface area contributed by atoms with Crippen LogP contribution in [0.1, 0.15) is 95.0 Å². The van der Waals surface area contributed by atoms with Crippen molar-refractivity contribution in [2.45, 2.75) is 92.7 Å². The summed E-state index contributed by atoms with van der Waals surface area (Å²) in [5.41, 5.74) is 11.3. The van der Waals surface area contributed by atoms with E-state index in [0.29, 0.717) is 41.2 Å². The molecule has 40 heavy (non-hydrogen) atoms. The first-order valence-electron chi connectivity index (χ1n) is 14.7. The average Bonchev–Trinajstić information content (AvgIpc) is 3.47. The number of nitrogens with one attached hydrogen (secondary N) is 1. The number of pyridine rings is 1. The number of carbonyl (C=O) groups is 1. The fourth-order valence-electron chi connectivity index (χ4n) is 5.42. The van der Waals surface area contributed by atoms with Gasteiger partial charge in [-0.15, -0.1) is 0 Å². The molecule has 0 saturated heterocycles. The fourth-order valence-corrected chi connectivity index (χ4v) is 5.42. The van der Waals surface area contributed by atoms with E-state index in [2.05, 4.69) is 48.0 Å². The van der Waals surface area contributed by atoms with Gasteiger partial charge >= 0.3 is 0 Å². The van der Waals surface area contributed by atoms with Crippen LogP contribution in [0.25, 0.3) is 5.57 Å². The molecule has 2 aliphatic rings. The summed E-state index contributed by atoms with van der Waals surface area (Å²) in [5, 5.41) is 2.91. The Bertz CT molecular complexity index is 1250. The number of alkyl halides is 1. The van der Waals surface area contributed by atoms with E-state index >= 15 is 0 Å². The maximum absolute atomic E-state index is 13.3. The van der Waals surface area contributed by atoms with Crippen LogP contribution in [0, 0.1) is 25.2 Å². The van der Waals surface area contributed by atoms with Gasteiger partial charge in [-0.25, -0.2) is 9.38 Å². The Hall–Kier alpha value is -3.35. The van der Waals surface area contributed by atoms with Crippen LogP contribution in [0.15, 0.2) is 52.7 Å². The van der Waals surface area contributed by atoms with Gasteiger partial charge in [-0.2, -0.15) is 0 Å². The maximum atomic E-state index is 13.3. The molecular weight excluding hydrogens is 501 g/mol. The topological polar surface area (TPSA) is 92.7 Å². The van der Waals surface area contributed by atoms with E-state index in [1.165, 1.54) is 44.7 Å². The number of amides is 1. The predicted octanol–water partition coefficient (Wildman–Crippen LogP) is 7.59. The second kappa shape index (κ2) is 14.3. The van der Waals surface area contributed by atoms with E-state index in [4.69, 9.17) is 5.73 Å². The Morgan fingerprint density at radius 1 is 1.10 bits per heavy atom. The predicted molar refractivity (Wildman–Crippen MR) is 166 cm³/mol. The first-order chi connectivity index (χ1) is 19.2. The lowest BCUT2D eigenvalue weighted by Crippen LogP contribution is -2.17. The van der Waals surface area contributed by atoms with Gasteiger partial charge in [0.1, 0.15) is 6.17 Å². The zero-order chi connectivity index (χ0) is 29.3. The first kappa shape index (κ1) is 31.2. The second-order valence-electron chi connectivity index (χ2n) is 11.1. The number of anilines is 1. The number of nitrogens with zero attached hydrogens (tertiary/aromatic N) is 3. The zero-order valence-corrected chi connectivity index (χ0v) is 25.1. The molecule has 0 radical (unpaired) electrons. The second-order valence-corrected chi connectivity index (χ2v) is 11.1. The third kappa shape index (κ3) is 7.86. The Morgan fingerprint density at radius 3 is 2.33 bits per heavy atom. The minimum absolute atomic E-state index is 0.0834. The highest BCUT2D eigenvalue weighted by molar-refractivity contribution is 6.25. The summed E-state index contributed by atoms with van der Waals surface area (Å²) in [7, 11) is 0. The lowest BCUT2D eigenvalue weighted by atomic mass is 9.75. The highest BCUT2D eigenvalue weighted by Gasteiger charge is 2.42. The molecule has 1 amide bonds.